The lowest BCUT2D eigenvalue weighted by atomic mass is 10.0. The predicted molar refractivity (Wildman–Crippen MR) is 181 cm³/mol. The Morgan fingerprint density at radius 2 is 1.49 bits per heavy atom. The molecular weight excluding hydrogens is 616 g/mol. The minimum absolute atomic E-state index is 0.0165. The lowest BCUT2D eigenvalue weighted by Gasteiger charge is -2.29. The van der Waals surface area contributed by atoms with E-state index in [1.165, 1.54) is 23.2 Å². The summed E-state index contributed by atoms with van der Waals surface area (Å²) in [5.74, 6) is -2.42. The van der Waals surface area contributed by atoms with Crippen molar-refractivity contribution < 1.29 is 24.0 Å². The highest BCUT2D eigenvalue weighted by atomic mass is 32.1. The number of rotatable bonds is 8. The summed E-state index contributed by atoms with van der Waals surface area (Å²) in [5, 5.41) is 13.7. The smallest absolute Gasteiger partial charge is 0.273 e. The van der Waals surface area contributed by atoms with Crippen LogP contribution in [0.5, 0.6) is 0 Å². The maximum Gasteiger partial charge on any atom is 0.273 e. The largest absolute Gasteiger partial charge is 0.350 e. The fourth-order valence-electron chi connectivity index (χ4n) is 5.34. The van der Waals surface area contributed by atoms with Crippen LogP contribution in [-0.2, 0) is 32.0 Å². The number of benzene rings is 2. The Morgan fingerprint density at radius 3 is 2.13 bits per heavy atom. The van der Waals surface area contributed by atoms with Crippen LogP contribution in [0.3, 0.4) is 0 Å². The Hall–Kier alpha value is -4.58. The van der Waals surface area contributed by atoms with Gasteiger partial charge in [-0.2, -0.15) is 0 Å². The van der Waals surface area contributed by atoms with E-state index in [-0.39, 0.29) is 31.1 Å². The molecule has 1 aliphatic heterocycles. The molecule has 3 aromatic rings. The second-order valence-electron chi connectivity index (χ2n) is 12.3. The third-order valence-electron chi connectivity index (χ3n) is 7.90. The molecule has 4 rings (SSSR count). The van der Waals surface area contributed by atoms with Crippen LogP contribution in [0.4, 0.5) is 0 Å². The van der Waals surface area contributed by atoms with Gasteiger partial charge in [-0.15, -0.1) is 11.3 Å². The third-order valence-corrected chi connectivity index (χ3v) is 8.75. The van der Waals surface area contributed by atoms with Gasteiger partial charge in [-0.25, -0.2) is 4.98 Å². The lowest BCUT2D eigenvalue weighted by molar-refractivity contribution is -0.133. The molecule has 2 heterocycles. The number of thiazole rings is 1. The van der Waals surface area contributed by atoms with Gasteiger partial charge in [0.15, 0.2) is 0 Å². The predicted octanol–water partition coefficient (Wildman–Crippen LogP) is 2.85. The molecule has 0 radical (unpaired) electrons. The summed E-state index contributed by atoms with van der Waals surface area (Å²) >= 11 is 1.36. The van der Waals surface area contributed by atoms with Gasteiger partial charge in [-0.1, -0.05) is 81.4 Å². The minimum atomic E-state index is -0.981. The van der Waals surface area contributed by atoms with Crippen LogP contribution in [0.2, 0.25) is 0 Å². The van der Waals surface area contributed by atoms with Gasteiger partial charge >= 0.3 is 0 Å². The minimum Gasteiger partial charge on any atom is -0.350 e. The normalized spacial score (nSPS) is 21.6. The summed E-state index contributed by atoms with van der Waals surface area (Å²) in [6.07, 6.45) is 1.56. The number of hydrogen-bond acceptors (Lipinski definition) is 7. The maximum absolute atomic E-state index is 13.8. The Labute approximate surface area is 279 Å². The molecule has 0 bridgehead atoms. The summed E-state index contributed by atoms with van der Waals surface area (Å²) in [4.78, 5) is 73.5. The first kappa shape index (κ1) is 35.3. The zero-order chi connectivity index (χ0) is 33.9. The number of amides is 5. The highest BCUT2D eigenvalue weighted by Gasteiger charge is 2.32. The van der Waals surface area contributed by atoms with Crippen molar-refractivity contribution in [3.63, 3.8) is 0 Å². The van der Waals surface area contributed by atoms with Crippen LogP contribution >= 0.6 is 11.3 Å². The summed E-state index contributed by atoms with van der Waals surface area (Å²) in [7, 11) is 0. The third kappa shape index (κ3) is 10.5. The first-order valence-corrected chi connectivity index (χ1v) is 16.9. The molecule has 0 aliphatic carbocycles. The van der Waals surface area contributed by atoms with Crippen molar-refractivity contribution >= 4 is 40.9 Å². The fraction of sp³-hybridized carbons (Fsp3) is 0.429. The molecule has 1 saturated heterocycles. The van der Waals surface area contributed by atoms with Crippen LogP contribution in [0.1, 0.15) is 67.2 Å². The molecule has 5 amide bonds. The number of hydrogen-bond donors (Lipinski definition) is 4. The van der Waals surface area contributed by atoms with Crippen LogP contribution in [0, 0.1) is 5.92 Å². The van der Waals surface area contributed by atoms with Crippen molar-refractivity contribution in [1.82, 2.24) is 31.2 Å². The molecule has 11 nitrogen and oxygen atoms in total. The van der Waals surface area contributed by atoms with E-state index in [4.69, 9.17) is 0 Å². The molecule has 4 atom stereocenters. The first-order valence-electron chi connectivity index (χ1n) is 16.0. The Balaban J connectivity index is 1.63. The molecule has 0 unspecified atom stereocenters. The topological polar surface area (TPSA) is 150 Å². The summed E-state index contributed by atoms with van der Waals surface area (Å²) in [6, 6.07) is 15.7. The first-order chi connectivity index (χ1) is 22.5. The van der Waals surface area contributed by atoms with Crippen molar-refractivity contribution in [2.45, 2.75) is 77.5 Å². The van der Waals surface area contributed by atoms with Crippen LogP contribution in [0.25, 0.3) is 0 Å². The number of carbonyl (C=O) groups is 5. The van der Waals surface area contributed by atoms with Gasteiger partial charge in [-0.05, 0) is 36.8 Å². The number of carbonyl (C=O) groups excluding carboxylic acids is 5. The van der Waals surface area contributed by atoms with E-state index in [1.807, 2.05) is 81.4 Å². The fourth-order valence-corrected chi connectivity index (χ4v) is 6.15. The van der Waals surface area contributed by atoms with Gasteiger partial charge in [0, 0.05) is 30.8 Å². The maximum atomic E-state index is 13.8. The second-order valence-corrected chi connectivity index (χ2v) is 13.3. The number of nitrogens with zero attached hydrogens (tertiary/aromatic N) is 2. The quantitative estimate of drug-likeness (QED) is 0.292. The van der Waals surface area contributed by atoms with Crippen LogP contribution < -0.4 is 21.3 Å². The van der Waals surface area contributed by atoms with E-state index >= 15 is 0 Å². The number of nitrogens with one attached hydrogen (secondary N) is 4. The van der Waals surface area contributed by atoms with E-state index < -0.39 is 53.7 Å². The highest BCUT2D eigenvalue weighted by molar-refractivity contribution is 7.09. The number of aromatic nitrogens is 1. The SMILES string of the molecule is CC[C@H]1CN(C(=O)c2csc(Cc3ccccc3)n2)CC(=O)N[C@H](C)C(=O)N[C@@H](CC(C)C)C(=O)N[C@@H](Cc2ccccc2)C(=O)N1. The summed E-state index contributed by atoms with van der Waals surface area (Å²) < 4.78 is 0. The van der Waals surface area contributed by atoms with Gasteiger partial charge in [0.05, 0.1) is 11.6 Å². The lowest BCUT2D eigenvalue weighted by Crippen LogP contribution is -2.57. The van der Waals surface area contributed by atoms with Gasteiger partial charge in [0.2, 0.25) is 23.6 Å². The van der Waals surface area contributed by atoms with E-state index in [2.05, 4.69) is 26.3 Å². The molecule has 1 fully saturated rings. The Morgan fingerprint density at radius 1 is 0.872 bits per heavy atom. The van der Waals surface area contributed by atoms with Crippen molar-refractivity contribution in [3.8, 4) is 0 Å². The van der Waals surface area contributed by atoms with Gasteiger partial charge < -0.3 is 26.2 Å². The van der Waals surface area contributed by atoms with Crippen LogP contribution in [0.15, 0.2) is 66.0 Å². The molecular formula is C35H44N6O5S. The standard InChI is InChI=1S/C35H44N6O5S/c1-5-26-19-41(35(46)29-21-47-31(38-29)18-25-14-10-7-11-15-25)20-30(42)36-23(4)32(43)39-27(16-22(2)3)34(45)40-28(33(44)37-26)17-24-12-8-6-9-13-24/h6-15,21-23,26-28H,5,16-20H2,1-4H3,(H,36,42)(H,37,44)(H,39,43)(H,40,45)/t23-,26+,27+,28+/m1/s1. The van der Waals surface area contributed by atoms with Crippen molar-refractivity contribution in [3.05, 3.63) is 87.9 Å². The molecule has 4 N–H and O–H groups in total. The Bertz CT molecular complexity index is 1530. The molecule has 0 saturated carbocycles. The summed E-state index contributed by atoms with van der Waals surface area (Å²) in [6.45, 7) is 6.92. The van der Waals surface area contributed by atoms with Crippen LogP contribution in [-0.4, -0.2) is 76.7 Å². The van der Waals surface area contributed by atoms with E-state index in [1.54, 1.807) is 5.38 Å². The molecule has 1 aliphatic rings. The molecule has 250 valence electrons. The highest BCUT2D eigenvalue weighted by Crippen LogP contribution is 2.17. The molecule has 12 heteroatoms. The summed E-state index contributed by atoms with van der Waals surface area (Å²) in [5.41, 5.74) is 2.10. The zero-order valence-electron chi connectivity index (χ0n) is 27.3. The van der Waals surface area contributed by atoms with Crippen molar-refractivity contribution in [1.29, 1.82) is 0 Å². The second kappa shape index (κ2) is 16.8. The average molecular weight is 661 g/mol. The van der Waals surface area contributed by atoms with Crippen molar-refractivity contribution in [2.75, 3.05) is 13.1 Å². The van der Waals surface area contributed by atoms with Gasteiger partial charge in [-0.3, -0.25) is 24.0 Å². The monoisotopic (exact) mass is 660 g/mol. The average Bonchev–Trinajstić information content (AvgIpc) is 3.51. The Kier molecular flexibility index (Phi) is 12.6. The van der Waals surface area contributed by atoms with E-state index in [0.717, 1.165) is 16.1 Å². The molecule has 0 spiro atoms. The zero-order valence-corrected chi connectivity index (χ0v) is 28.1. The van der Waals surface area contributed by atoms with Crippen molar-refractivity contribution in [2.24, 2.45) is 5.92 Å². The van der Waals surface area contributed by atoms with Gasteiger partial charge in [0.25, 0.3) is 5.91 Å². The van der Waals surface area contributed by atoms with Gasteiger partial charge in [0.1, 0.15) is 23.8 Å². The molecule has 2 aromatic carbocycles. The van der Waals surface area contributed by atoms with E-state index in [0.29, 0.717) is 19.3 Å². The van der Waals surface area contributed by atoms with E-state index in [9.17, 15) is 24.0 Å². The molecule has 47 heavy (non-hydrogen) atoms. The molecule has 1 aromatic heterocycles.